The van der Waals surface area contributed by atoms with Gasteiger partial charge in [0, 0.05) is 44.2 Å². The quantitative estimate of drug-likeness (QED) is 0.536. The average Bonchev–Trinajstić information content (AvgIpc) is 3.28. The summed E-state index contributed by atoms with van der Waals surface area (Å²) >= 11 is 0. The van der Waals surface area contributed by atoms with Crippen LogP contribution in [0.1, 0.15) is 21.6 Å². The van der Waals surface area contributed by atoms with E-state index >= 15 is 0 Å². The zero-order valence-corrected chi connectivity index (χ0v) is 18.7. The van der Waals surface area contributed by atoms with Crippen molar-refractivity contribution in [3.8, 4) is 0 Å². The molecule has 0 saturated carbocycles. The Hall–Kier alpha value is -3.49. The third kappa shape index (κ3) is 5.66. The Bertz CT molecular complexity index is 1110. The predicted octanol–water partition coefficient (Wildman–Crippen LogP) is 2.68. The van der Waals surface area contributed by atoms with E-state index in [1.807, 2.05) is 60.7 Å². The van der Waals surface area contributed by atoms with Crippen molar-refractivity contribution in [1.29, 1.82) is 0 Å². The van der Waals surface area contributed by atoms with Gasteiger partial charge in [-0.25, -0.2) is 0 Å². The maximum absolute atomic E-state index is 12.9. The number of nitrogens with one attached hydrogen (secondary N) is 1. The van der Waals surface area contributed by atoms with Gasteiger partial charge in [0.1, 0.15) is 6.61 Å². The number of methoxy groups -OCH3 is 1. The van der Waals surface area contributed by atoms with Gasteiger partial charge in [-0.15, -0.1) is 0 Å². The molecule has 1 saturated heterocycles. The van der Waals surface area contributed by atoms with Crippen molar-refractivity contribution in [2.45, 2.75) is 0 Å². The molecule has 0 spiro atoms. The summed E-state index contributed by atoms with van der Waals surface area (Å²) in [5, 5.41) is 8.44. The smallest absolute Gasteiger partial charge is 0.253 e. The van der Waals surface area contributed by atoms with E-state index in [0.717, 1.165) is 22.2 Å². The fourth-order valence-electron chi connectivity index (χ4n) is 3.76. The summed E-state index contributed by atoms with van der Waals surface area (Å²) < 4.78 is 10.2. The van der Waals surface area contributed by atoms with E-state index in [1.165, 1.54) is 0 Å². The molecule has 2 heterocycles. The number of fused-ring (bicyclic) bond motifs is 1. The molecular weight excluding hydrogens is 420 g/mol. The molecule has 0 radical (unpaired) electrons. The van der Waals surface area contributed by atoms with E-state index < -0.39 is 0 Å². The Morgan fingerprint density at radius 2 is 1.70 bits per heavy atom. The number of ether oxygens (including phenoxy) is 2. The summed E-state index contributed by atoms with van der Waals surface area (Å²) in [6.45, 7) is 2.94. The van der Waals surface area contributed by atoms with E-state index in [0.29, 0.717) is 45.0 Å². The van der Waals surface area contributed by atoms with Crippen LogP contribution >= 0.6 is 0 Å². The number of para-hydroxylation sites is 1. The number of rotatable bonds is 8. The monoisotopic (exact) mass is 448 g/mol. The molecular formula is C25H28N4O4. The number of aromatic nitrogens is 2. The topological polar surface area (TPSA) is 87.8 Å². The van der Waals surface area contributed by atoms with Gasteiger partial charge in [-0.1, -0.05) is 36.4 Å². The van der Waals surface area contributed by atoms with Crippen molar-refractivity contribution < 1.29 is 19.1 Å². The van der Waals surface area contributed by atoms with Crippen molar-refractivity contribution in [3.63, 3.8) is 0 Å². The molecule has 33 heavy (non-hydrogen) atoms. The summed E-state index contributed by atoms with van der Waals surface area (Å²) in [5.41, 5.74) is 3.50. The zero-order chi connectivity index (χ0) is 23.0. The van der Waals surface area contributed by atoms with Gasteiger partial charge in [-0.05, 0) is 29.8 Å². The Balaban J connectivity index is 1.29. The van der Waals surface area contributed by atoms with Gasteiger partial charge in [0.2, 0.25) is 5.91 Å². The highest BCUT2D eigenvalue weighted by atomic mass is 16.5. The van der Waals surface area contributed by atoms with E-state index in [1.54, 1.807) is 16.9 Å². The second-order valence-corrected chi connectivity index (χ2v) is 7.83. The van der Waals surface area contributed by atoms with Crippen molar-refractivity contribution in [1.82, 2.24) is 20.0 Å². The number of hydrogen-bond donors (Lipinski definition) is 1. The first-order valence-corrected chi connectivity index (χ1v) is 11.0. The van der Waals surface area contributed by atoms with Crippen molar-refractivity contribution >= 4 is 34.9 Å². The minimum Gasteiger partial charge on any atom is -0.382 e. The highest BCUT2D eigenvalue weighted by molar-refractivity contribution is 5.95. The normalized spacial score (nSPS) is 14.3. The first kappa shape index (κ1) is 22.7. The fourth-order valence-corrected chi connectivity index (χ4v) is 3.76. The lowest BCUT2D eigenvalue weighted by molar-refractivity contribution is -0.138. The van der Waals surface area contributed by atoms with Crippen LogP contribution in [0.4, 0.5) is 0 Å². The molecule has 1 aliphatic heterocycles. The molecule has 0 aliphatic carbocycles. The van der Waals surface area contributed by atoms with Crippen LogP contribution in [0.15, 0.2) is 48.5 Å². The summed E-state index contributed by atoms with van der Waals surface area (Å²) in [6, 6.07) is 15.5. The zero-order valence-electron chi connectivity index (χ0n) is 18.7. The maximum atomic E-state index is 12.9. The van der Waals surface area contributed by atoms with Crippen molar-refractivity contribution in [2.75, 3.05) is 53.1 Å². The molecule has 172 valence electrons. The number of benzene rings is 2. The highest BCUT2D eigenvalue weighted by Gasteiger charge is 2.24. The molecule has 0 unspecified atom stereocenters. The van der Waals surface area contributed by atoms with Crippen LogP contribution < -0.4 is 0 Å². The summed E-state index contributed by atoms with van der Waals surface area (Å²) in [5.74, 6) is -0.0775. The van der Waals surface area contributed by atoms with Crippen LogP contribution in [0.3, 0.4) is 0 Å². The SMILES string of the molecule is COCCOCC(=O)N1CCN(C(=O)c2ccc(C=Cc3n[nH]c4ccccc34)cc2)CC1. The second kappa shape index (κ2) is 10.9. The van der Waals surface area contributed by atoms with Gasteiger partial charge in [0.15, 0.2) is 0 Å². The van der Waals surface area contributed by atoms with Crippen LogP contribution in [0.25, 0.3) is 23.1 Å². The van der Waals surface area contributed by atoms with Gasteiger partial charge < -0.3 is 19.3 Å². The Labute approximate surface area is 192 Å². The number of amides is 2. The van der Waals surface area contributed by atoms with Gasteiger partial charge >= 0.3 is 0 Å². The average molecular weight is 449 g/mol. The molecule has 1 aliphatic rings. The molecule has 1 aromatic heterocycles. The third-order valence-electron chi connectivity index (χ3n) is 5.67. The fraction of sp³-hybridized carbons (Fsp3) is 0.320. The van der Waals surface area contributed by atoms with E-state index in [4.69, 9.17) is 9.47 Å². The molecule has 4 rings (SSSR count). The largest absolute Gasteiger partial charge is 0.382 e. The van der Waals surface area contributed by atoms with Crippen LogP contribution in [0, 0.1) is 0 Å². The van der Waals surface area contributed by atoms with Gasteiger partial charge in [-0.3, -0.25) is 14.7 Å². The minimum absolute atomic E-state index is 0.0210. The molecule has 2 amide bonds. The Kier molecular flexibility index (Phi) is 7.49. The predicted molar refractivity (Wildman–Crippen MR) is 127 cm³/mol. The van der Waals surface area contributed by atoms with Crippen molar-refractivity contribution in [2.24, 2.45) is 0 Å². The van der Waals surface area contributed by atoms with E-state index in [-0.39, 0.29) is 18.4 Å². The highest BCUT2D eigenvalue weighted by Crippen LogP contribution is 2.18. The lowest BCUT2D eigenvalue weighted by atomic mass is 10.1. The molecule has 2 aromatic carbocycles. The summed E-state index contributed by atoms with van der Waals surface area (Å²) in [6.07, 6.45) is 3.95. The Morgan fingerprint density at radius 1 is 0.970 bits per heavy atom. The summed E-state index contributed by atoms with van der Waals surface area (Å²) in [7, 11) is 1.59. The lowest BCUT2D eigenvalue weighted by Gasteiger charge is -2.34. The number of nitrogens with zero attached hydrogens (tertiary/aromatic N) is 3. The van der Waals surface area contributed by atoms with Crippen LogP contribution in [-0.2, 0) is 14.3 Å². The maximum Gasteiger partial charge on any atom is 0.253 e. The molecule has 0 bridgehead atoms. The number of H-pyrrole nitrogens is 1. The molecule has 8 heteroatoms. The molecule has 0 atom stereocenters. The molecule has 1 N–H and O–H groups in total. The number of carbonyl (C=O) groups is 2. The standard InChI is InChI=1S/C25H28N4O4/c1-32-16-17-33-18-24(30)28-12-14-29(15-13-28)25(31)20-9-6-19(7-10-20)8-11-23-21-4-2-3-5-22(21)26-27-23/h2-11H,12-18H2,1H3,(H,26,27). The van der Waals surface area contributed by atoms with Crippen molar-refractivity contribution in [3.05, 3.63) is 65.4 Å². The summed E-state index contributed by atoms with van der Waals surface area (Å²) in [4.78, 5) is 28.6. The lowest BCUT2D eigenvalue weighted by Crippen LogP contribution is -2.51. The third-order valence-corrected chi connectivity index (χ3v) is 5.67. The van der Waals surface area contributed by atoms with E-state index in [2.05, 4.69) is 10.2 Å². The number of piperazine rings is 1. The van der Waals surface area contributed by atoms with Crippen LogP contribution in [0.5, 0.6) is 0 Å². The van der Waals surface area contributed by atoms with E-state index in [9.17, 15) is 9.59 Å². The number of carbonyl (C=O) groups excluding carboxylic acids is 2. The second-order valence-electron chi connectivity index (χ2n) is 7.83. The van der Waals surface area contributed by atoms with Crippen LogP contribution in [-0.4, -0.2) is 84.9 Å². The van der Waals surface area contributed by atoms with Gasteiger partial charge in [0.05, 0.1) is 24.4 Å². The van der Waals surface area contributed by atoms with Gasteiger partial charge in [0.25, 0.3) is 5.91 Å². The number of aromatic amines is 1. The van der Waals surface area contributed by atoms with Gasteiger partial charge in [-0.2, -0.15) is 5.10 Å². The first-order valence-electron chi connectivity index (χ1n) is 11.0. The Morgan fingerprint density at radius 3 is 2.45 bits per heavy atom. The first-order chi connectivity index (χ1) is 16.2. The molecule has 3 aromatic rings. The molecule has 1 fully saturated rings. The number of hydrogen-bond acceptors (Lipinski definition) is 5. The minimum atomic E-state index is -0.0565. The van der Waals surface area contributed by atoms with Crippen LogP contribution in [0.2, 0.25) is 0 Å². The molecule has 8 nitrogen and oxygen atoms in total.